The molecule has 33 heavy (non-hydrogen) atoms. The number of rotatable bonds is 5. The highest BCUT2D eigenvalue weighted by Crippen LogP contribution is 2.32. The fourth-order valence-electron chi connectivity index (χ4n) is 3.85. The molecule has 0 spiro atoms. The van der Waals surface area contributed by atoms with Gasteiger partial charge in [-0.3, -0.25) is 14.5 Å². The Morgan fingerprint density at radius 1 is 1.21 bits per heavy atom. The van der Waals surface area contributed by atoms with Gasteiger partial charge in [0.1, 0.15) is 16.9 Å². The minimum atomic E-state index is -0.390. The van der Waals surface area contributed by atoms with E-state index in [-0.39, 0.29) is 17.0 Å². The number of benzene rings is 2. The monoisotopic (exact) mass is 530 g/mol. The molecule has 1 aliphatic rings. The number of fused-ring (bicyclic) bond motifs is 3. The van der Waals surface area contributed by atoms with E-state index in [1.54, 1.807) is 24.3 Å². The number of furan rings is 1. The van der Waals surface area contributed by atoms with Crippen molar-refractivity contribution in [1.82, 2.24) is 14.9 Å². The quantitative estimate of drug-likeness (QED) is 0.396. The number of morpholine rings is 1. The van der Waals surface area contributed by atoms with Gasteiger partial charge in [0, 0.05) is 47.2 Å². The number of aromatic nitrogens is 2. The maximum absolute atomic E-state index is 12.6. The number of amides is 1. The van der Waals surface area contributed by atoms with E-state index in [0.29, 0.717) is 59.4 Å². The van der Waals surface area contributed by atoms with Gasteiger partial charge in [-0.05, 0) is 36.4 Å². The molecular formula is C23H20BrClN4O4. The summed E-state index contributed by atoms with van der Waals surface area (Å²) in [5.74, 6) is 0.235. The smallest absolute Gasteiger partial charge is 0.294 e. The minimum absolute atomic E-state index is 0.0892. The predicted molar refractivity (Wildman–Crippen MR) is 131 cm³/mol. The molecule has 0 aliphatic carbocycles. The first-order valence-electron chi connectivity index (χ1n) is 10.5. The number of hydrogen-bond donors (Lipinski definition) is 2. The van der Waals surface area contributed by atoms with Crippen LogP contribution in [0.25, 0.3) is 33.5 Å². The van der Waals surface area contributed by atoms with Gasteiger partial charge >= 0.3 is 0 Å². The summed E-state index contributed by atoms with van der Waals surface area (Å²) in [6.45, 7) is 3.76. The first-order valence-corrected chi connectivity index (χ1v) is 11.7. The topological polar surface area (TPSA) is 100 Å². The molecule has 1 amide bonds. The Morgan fingerprint density at radius 3 is 2.82 bits per heavy atom. The molecule has 8 nitrogen and oxygen atoms in total. The molecule has 0 radical (unpaired) electrons. The maximum Gasteiger partial charge on any atom is 0.294 e. The first-order chi connectivity index (χ1) is 16.0. The van der Waals surface area contributed by atoms with Gasteiger partial charge in [-0.15, -0.1) is 0 Å². The van der Waals surface area contributed by atoms with Crippen LogP contribution in [0.4, 0.5) is 5.69 Å². The molecular weight excluding hydrogens is 512 g/mol. The summed E-state index contributed by atoms with van der Waals surface area (Å²) in [6, 6.07) is 10.6. The van der Waals surface area contributed by atoms with Gasteiger partial charge in [0.05, 0.1) is 18.2 Å². The van der Waals surface area contributed by atoms with Crippen molar-refractivity contribution in [2.75, 3.05) is 38.2 Å². The van der Waals surface area contributed by atoms with E-state index in [1.165, 1.54) is 0 Å². The lowest BCUT2D eigenvalue weighted by Crippen LogP contribution is -2.38. The van der Waals surface area contributed by atoms with Gasteiger partial charge in [-0.25, -0.2) is 4.98 Å². The van der Waals surface area contributed by atoms with E-state index >= 15 is 0 Å². The molecule has 1 aliphatic heterocycles. The lowest BCUT2D eigenvalue weighted by Gasteiger charge is -2.26. The Morgan fingerprint density at radius 2 is 2.03 bits per heavy atom. The zero-order chi connectivity index (χ0) is 22.9. The molecule has 4 aromatic rings. The molecule has 5 rings (SSSR count). The number of ether oxygens (including phenoxy) is 1. The van der Waals surface area contributed by atoms with Gasteiger partial charge in [0.2, 0.25) is 11.5 Å². The molecule has 1 fully saturated rings. The molecule has 2 aromatic carbocycles. The highest BCUT2D eigenvalue weighted by molar-refractivity contribution is 9.10. The summed E-state index contributed by atoms with van der Waals surface area (Å²) in [7, 11) is 0. The second kappa shape index (κ2) is 9.26. The Hall–Kier alpha value is -2.72. The molecule has 0 saturated carbocycles. The fourth-order valence-corrected chi connectivity index (χ4v) is 4.48. The summed E-state index contributed by atoms with van der Waals surface area (Å²) >= 11 is 9.94. The number of carbonyl (C=O) groups excluding carboxylic acids is 1. The SMILES string of the molecule is O=C(CCN1CCOCC1)Nc1ccc(-c2nc3c(oc4ccc(Br)cc43)c(=O)[nH]2)c(Cl)c1. The van der Waals surface area contributed by atoms with E-state index in [9.17, 15) is 9.59 Å². The normalized spacial score (nSPS) is 14.7. The molecule has 2 N–H and O–H groups in total. The van der Waals surface area contributed by atoms with E-state index in [1.807, 2.05) is 12.1 Å². The number of nitrogens with zero attached hydrogens (tertiary/aromatic N) is 2. The van der Waals surface area contributed by atoms with Gasteiger partial charge in [-0.2, -0.15) is 0 Å². The average molecular weight is 532 g/mol. The number of hydrogen-bond acceptors (Lipinski definition) is 6. The molecule has 10 heteroatoms. The van der Waals surface area contributed by atoms with Crippen LogP contribution >= 0.6 is 27.5 Å². The van der Waals surface area contributed by atoms with Crippen molar-refractivity contribution >= 4 is 61.2 Å². The number of carbonyl (C=O) groups is 1. The Kier molecular flexibility index (Phi) is 6.20. The number of nitrogens with one attached hydrogen (secondary N) is 2. The fraction of sp³-hybridized carbons (Fsp3) is 0.261. The van der Waals surface area contributed by atoms with Crippen molar-refractivity contribution in [2.24, 2.45) is 0 Å². The van der Waals surface area contributed by atoms with Crippen molar-refractivity contribution < 1.29 is 13.9 Å². The Labute approximate surface area is 202 Å². The van der Waals surface area contributed by atoms with Crippen molar-refractivity contribution in [2.45, 2.75) is 6.42 Å². The third kappa shape index (κ3) is 4.67. The van der Waals surface area contributed by atoms with Gasteiger partial charge < -0.3 is 19.5 Å². The Bertz CT molecular complexity index is 1410. The maximum atomic E-state index is 12.6. The van der Waals surface area contributed by atoms with Crippen molar-refractivity contribution in [3.05, 3.63) is 56.2 Å². The van der Waals surface area contributed by atoms with Crippen LogP contribution in [0.5, 0.6) is 0 Å². The first kappa shape index (κ1) is 22.1. The van der Waals surface area contributed by atoms with E-state index in [2.05, 4.69) is 36.1 Å². The summed E-state index contributed by atoms with van der Waals surface area (Å²) in [4.78, 5) is 34.5. The lowest BCUT2D eigenvalue weighted by molar-refractivity contribution is -0.116. The second-order valence-electron chi connectivity index (χ2n) is 7.78. The summed E-state index contributed by atoms with van der Waals surface area (Å²) < 4.78 is 11.8. The van der Waals surface area contributed by atoms with Crippen LogP contribution < -0.4 is 10.9 Å². The van der Waals surface area contributed by atoms with Crippen molar-refractivity contribution in [3.8, 4) is 11.4 Å². The zero-order valence-corrected chi connectivity index (χ0v) is 19.8. The second-order valence-corrected chi connectivity index (χ2v) is 9.10. The number of aromatic amines is 1. The number of anilines is 1. The average Bonchev–Trinajstić information content (AvgIpc) is 3.17. The van der Waals surface area contributed by atoms with Crippen LogP contribution in [0.15, 0.2) is 50.1 Å². The molecule has 3 heterocycles. The van der Waals surface area contributed by atoms with Gasteiger partial charge in [0.15, 0.2) is 0 Å². The van der Waals surface area contributed by atoms with E-state index in [4.69, 9.17) is 20.8 Å². The summed E-state index contributed by atoms with van der Waals surface area (Å²) in [6.07, 6.45) is 0.383. The zero-order valence-electron chi connectivity index (χ0n) is 17.5. The van der Waals surface area contributed by atoms with Gasteiger partial charge in [0.25, 0.3) is 5.56 Å². The standard InChI is InChI=1S/C23H20BrClN4O4/c24-13-1-4-18-16(11-13)20-21(33-18)23(31)28-22(27-20)15-3-2-14(12-17(15)25)26-19(30)5-6-29-7-9-32-10-8-29/h1-4,11-12H,5-10H2,(H,26,30)(H,27,28,31). The summed E-state index contributed by atoms with van der Waals surface area (Å²) in [5, 5.41) is 3.96. The Balaban J connectivity index is 1.37. The lowest BCUT2D eigenvalue weighted by atomic mass is 10.1. The van der Waals surface area contributed by atoms with Crippen LogP contribution in [0.3, 0.4) is 0 Å². The summed E-state index contributed by atoms with van der Waals surface area (Å²) in [5.41, 5.74) is 1.93. The van der Waals surface area contributed by atoms with Crippen LogP contribution in [-0.2, 0) is 9.53 Å². The van der Waals surface area contributed by atoms with E-state index in [0.717, 1.165) is 22.9 Å². The third-order valence-electron chi connectivity index (χ3n) is 5.55. The molecule has 170 valence electrons. The molecule has 0 bridgehead atoms. The van der Waals surface area contributed by atoms with E-state index < -0.39 is 0 Å². The number of H-pyrrole nitrogens is 1. The van der Waals surface area contributed by atoms with Crippen LogP contribution in [-0.4, -0.2) is 53.6 Å². The molecule has 1 saturated heterocycles. The number of halogens is 2. The molecule has 0 atom stereocenters. The predicted octanol–water partition coefficient (Wildman–Crippen LogP) is 4.41. The largest absolute Gasteiger partial charge is 0.449 e. The van der Waals surface area contributed by atoms with Crippen LogP contribution in [0.2, 0.25) is 5.02 Å². The third-order valence-corrected chi connectivity index (χ3v) is 6.36. The van der Waals surface area contributed by atoms with Crippen LogP contribution in [0, 0.1) is 0 Å². The van der Waals surface area contributed by atoms with Gasteiger partial charge in [-0.1, -0.05) is 27.5 Å². The highest BCUT2D eigenvalue weighted by atomic mass is 79.9. The van der Waals surface area contributed by atoms with Crippen LogP contribution in [0.1, 0.15) is 6.42 Å². The van der Waals surface area contributed by atoms with Crippen molar-refractivity contribution in [3.63, 3.8) is 0 Å². The highest BCUT2D eigenvalue weighted by Gasteiger charge is 2.17. The molecule has 2 aromatic heterocycles. The molecule has 0 unspecified atom stereocenters. The van der Waals surface area contributed by atoms with Crippen molar-refractivity contribution in [1.29, 1.82) is 0 Å². The minimum Gasteiger partial charge on any atom is -0.449 e.